The van der Waals surface area contributed by atoms with E-state index in [1.165, 1.54) is 0 Å². The van der Waals surface area contributed by atoms with Gasteiger partial charge in [0.25, 0.3) is 0 Å². The monoisotopic (exact) mass is 362 g/mol. The normalized spacial score (nSPS) is 13.2. The summed E-state index contributed by atoms with van der Waals surface area (Å²) in [5, 5.41) is 5.15. The lowest BCUT2D eigenvalue weighted by Crippen LogP contribution is -2.23. The van der Waals surface area contributed by atoms with Crippen LogP contribution in [0.1, 0.15) is 37.9 Å². The van der Waals surface area contributed by atoms with Crippen molar-refractivity contribution in [3.05, 3.63) is 59.7 Å². The van der Waals surface area contributed by atoms with E-state index in [0.29, 0.717) is 0 Å². The number of rotatable bonds is 7. The van der Waals surface area contributed by atoms with Crippen LogP contribution >= 0.6 is 0 Å². The summed E-state index contributed by atoms with van der Waals surface area (Å²) in [6.07, 6.45) is 0.120. The van der Waals surface area contributed by atoms with Crippen LogP contribution in [0.2, 0.25) is 0 Å². The van der Waals surface area contributed by atoms with Crippen molar-refractivity contribution in [2.24, 2.45) is 5.14 Å². The van der Waals surface area contributed by atoms with Crippen LogP contribution in [0.5, 0.6) is 5.75 Å². The van der Waals surface area contributed by atoms with E-state index < -0.39 is 10.0 Å². The van der Waals surface area contributed by atoms with Gasteiger partial charge in [-0.1, -0.05) is 30.3 Å². The second-order valence-corrected chi connectivity index (χ2v) is 8.04. The molecule has 0 amide bonds. The molecule has 2 rings (SSSR count). The van der Waals surface area contributed by atoms with Crippen molar-refractivity contribution in [2.45, 2.75) is 44.4 Å². The summed E-state index contributed by atoms with van der Waals surface area (Å²) >= 11 is 0. The fourth-order valence-corrected chi connectivity index (χ4v) is 3.11. The largest absolute Gasteiger partial charge is 0.491 e. The fourth-order valence-electron chi connectivity index (χ4n) is 2.60. The lowest BCUT2D eigenvalue weighted by Gasteiger charge is -2.26. The Bertz CT molecular complexity index is 802. The summed E-state index contributed by atoms with van der Waals surface area (Å²) in [6, 6.07) is 14.8. The van der Waals surface area contributed by atoms with E-state index in [9.17, 15) is 8.42 Å². The summed E-state index contributed by atoms with van der Waals surface area (Å²) < 4.78 is 28.6. The molecule has 0 aromatic heterocycles. The van der Waals surface area contributed by atoms with Gasteiger partial charge in [-0.3, -0.25) is 4.90 Å². The van der Waals surface area contributed by atoms with Crippen LogP contribution in [0.3, 0.4) is 0 Å². The van der Waals surface area contributed by atoms with Gasteiger partial charge in [0, 0.05) is 18.2 Å². The number of hydrogen-bond donors (Lipinski definition) is 1. The Balaban J connectivity index is 2.14. The molecule has 6 heteroatoms. The molecule has 0 saturated heterocycles. The molecule has 136 valence electrons. The molecule has 0 aliphatic heterocycles. The molecule has 1 atom stereocenters. The van der Waals surface area contributed by atoms with Crippen LogP contribution in [-0.4, -0.2) is 26.5 Å². The van der Waals surface area contributed by atoms with Crippen LogP contribution in [0, 0.1) is 0 Å². The van der Waals surface area contributed by atoms with Crippen molar-refractivity contribution in [1.29, 1.82) is 0 Å². The predicted molar refractivity (Wildman–Crippen MR) is 99.9 cm³/mol. The van der Waals surface area contributed by atoms with Gasteiger partial charge in [0.1, 0.15) is 5.75 Å². The maximum absolute atomic E-state index is 11.4. The van der Waals surface area contributed by atoms with Gasteiger partial charge in [-0.15, -0.1) is 0 Å². The third kappa shape index (κ3) is 5.29. The lowest BCUT2D eigenvalue weighted by atomic mass is 10.1. The lowest BCUT2D eigenvalue weighted by molar-refractivity contribution is 0.222. The van der Waals surface area contributed by atoms with E-state index >= 15 is 0 Å². The first-order valence-electron chi connectivity index (χ1n) is 8.26. The molecule has 0 spiro atoms. The minimum absolute atomic E-state index is 0.113. The number of nitrogens with two attached hydrogens (primary N) is 1. The molecular formula is C19H26N2O3S. The Morgan fingerprint density at radius 3 is 2.20 bits per heavy atom. The fraction of sp³-hybridized carbons (Fsp3) is 0.368. The quantitative estimate of drug-likeness (QED) is 0.820. The van der Waals surface area contributed by atoms with Crippen LogP contribution in [-0.2, 0) is 16.6 Å². The molecule has 0 bridgehead atoms. The van der Waals surface area contributed by atoms with Crippen molar-refractivity contribution in [1.82, 2.24) is 4.90 Å². The molecule has 0 heterocycles. The van der Waals surface area contributed by atoms with Crippen molar-refractivity contribution in [2.75, 3.05) is 7.05 Å². The number of ether oxygens (including phenoxy) is 1. The van der Waals surface area contributed by atoms with Crippen LogP contribution < -0.4 is 9.88 Å². The maximum Gasteiger partial charge on any atom is 0.238 e. The molecule has 25 heavy (non-hydrogen) atoms. The molecule has 0 radical (unpaired) electrons. The van der Waals surface area contributed by atoms with Gasteiger partial charge in [-0.25, -0.2) is 13.6 Å². The Morgan fingerprint density at radius 2 is 1.64 bits per heavy atom. The van der Waals surface area contributed by atoms with Gasteiger partial charge in [-0.05, 0) is 51.6 Å². The summed E-state index contributed by atoms with van der Waals surface area (Å²) in [5.74, 6) is 0.890. The van der Waals surface area contributed by atoms with Crippen molar-refractivity contribution >= 4 is 10.0 Å². The SMILES string of the molecule is CC(C)Oc1ccccc1CN(C)[C@@H](C)c1ccc(S(N)(=O)=O)cc1. The van der Waals surface area contributed by atoms with E-state index in [1.54, 1.807) is 24.3 Å². The third-order valence-corrected chi connectivity index (χ3v) is 5.04. The number of sulfonamides is 1. The minimum Gasteiger partial charge on any atom is -0.491 e. The van der Waals surface area contributed by atoms with Gasteiger partial charge >= 0.3 is 0 Å². The molecule has 0 aliphatic carbocycles. The van der Waals surface area contributed by atoms with Crippen LogP contribution in [0.15, 0.2) is 53.4 Å². The summed E-state index contributed by atoms with van der Waals surface area (Å²) in [6.45, 7) is 6.82. The topological polar surface area (TPSA) is 72.6 Å². The molecule has 0 unspecified atom stereocenters. The molecule has 5 nitrogen and oxygen atoms in total. The first-order chi connectivity index (χ1) is 11.7. The van der Waals surface area contributed by atoms with Crippen molar-refractivity contribution < 1.29 is 13.2 Å². The van der Waals surface area contributed by atoms with Crippen LogP contribution in [0.25, 0.3) is 0 Å². The highest BCUT2D eigenvalue weighted by molar-refractivity contribution is 7.89. The number of primary sulfonamides is 1. The smallest absolute Gasteiger partial charge is 0.238 e. The van der Waals surface area contributed by atoms with E-state index in [0.717, 1.165) is 23.4 Å². The molecule has 0 aliphatic rings. The number of para-hydroxylation sites is 1. The van der Waals surface area contributed by atoms with E-state index in [4.69, 9.17) is 9.88 Å². The number of nitrogens with zero attached hydrogens (tertiary/aromatic N) is 1. The second-order valence-electron chi connectivity index (χ2n) is 6.48. The highest BCUT2D eigenvalue weighted by Crippen LogP contribution is 2.26. The maximum atomic E-state index is 11.4. The van der Waals surface area contributed by atoms with Gasteiger partial charge in [0.15, 0.2) is 0 Å². The van der Waals surface area contributed by atoms with Crippen molar-refractivity contribution in [3.8, 4) is 5.75 Å². The first kappa shape index (κ1) is 19.4. The number of benzene rings is 2. The molecule has 2 N–H and O–H groups in total. The average molecular weight is 362 g/mol. The molecule has 0 fully saturated rings. The Morgan fingerprint density at radius 1 is 1.04 bits per heavy atom. The average Bonchev–Trinajstić information content (AvgIpc) is 2.54. The zero-order valence-electron chi connectivity index (χ0n) is 15.1. The third-order valence-electron chi connectivity index (χ3n) is 4.11. The van der Waals surface area contributed by atoms with Gasteiger partial charge in [0.2, 0.25) is 10.0 Å². The molecule has 2 aromatic rings. The standard InChI is InChI=1S/C19H26N2O3S/c1-14(2)24-19-8-6-5-7-17(19)13-21(4)15(3)16-9-11-18(12-10-16)25(20,22)23/h5-12,14-15H,13H2,1-4H3,(H2,20,22,23)/t15-/m0/s1. The highest BCUT2D eigenvalue weighted by atomic mass is 32.2. The minimum atomic E-state index is -3.66. The van der Waals surface area contributed by atoms with Gasteiger partial charge in [0.05, 0.1) is 11.0 Å². The summed E-state index contributed by atoms with van der Waals surface area (Å²) in [7, 11) is -1.63. The highest BCUT2D eigenvalue weighted by Gasteiger charge is 2.16. The van der Waals surface area contributed by atoms with E-state index in [2.05, 4.69) is 17.9 Å². The van der Waals surface area contributed by atoms with Crippen molar-refractivity contribution in [3.63, 3.8) is 0 Å². The Labute approximate surface area is 150 Å². The zero-order chi connectivity index (χ0) is 18.6. The second kappa shape index (κ2) is 7.99. The summed E-state index contributed by atoms with van der Waals surface area (Å²) in [5.41, 5.74) is 2.14. The van der Waals surface area contributed by atoms with E-state index in [-0.39, 0.29) is 17.0 Å². The molecule has 2 aromatic carbocycles. The molecular weight excluding hydrogens is 336 g/mol. The zero-order valence-corrected chi connectivity index (χ0v) is 16.0. The van der Waals surface area contributed by atoms with Gasteiger partial charge < -0.3 is 4.74 Å². The Kier molecular flexibility index (Phi) is 6.21. The first-order valence-corrected chi connectivity index (χ1v) is 9.80. The van der Waals surface area contributed by atoms with E-state index in [1.807, 2.05) is 39.1 Å². The number of hydrogen-bond acceptors (Lipinski definition) is 4. The summed E-state index contributed by atoms with van der Waals surface area (Å²) in [4.78, 5) is 2.32. The van der Waals surface area contributed by atoms with Gasteiger partial charge in [-0.2, -0.15) is 0 Å². The van der Waals surface area contributed by atoms with Crippen LogP contribution in [0.4, 0.5) is 0 Å². The Hall–Kier alpha value is -1.89. The molecule has 0 saturated carbocycles. The predicted octanol–water partition coefficient (Wildman–Crippen LogP) is 3.31.